The molecular formula is C25H29N3. The van der Waals surface area contributed by atoms with E-state index in [1.807, 2.05) is 0 Å². The molecule has 0 N–H and O–H groups in total. The molecule has 2 aromatic rings. The fraction of sp³-hybridized carbons (Fsp3) is 0.320. The van der Waals surface area contributed by atoms with Crippen LogP contribution in [0.5, 0.6) is 0 Å². The number of rotatable bonds is 4. The summed E-state index contributed by atoms with van der Waals surface area (Å²) in [6.07, 6.45) is 5.35. The number of aryl methyl sites for hydroxylation is 2. The van der Waals surface area contributed by atoms with Crippen molar-refractivity contribution in [2.24, 2.45) is 4.99 Å². The SMILES string of the molecule is CCN(CC)c1cc2c(cc1C)N=C1CC(C)=CC=C1N2c1ccc(C)cc1. The third-order valence-electron chi connectivity index (χ3n) is 5.69. The number of benzene rings is 2. The lowest BCUT2D eigenvalue weighted by atomic mass is 9.96. The average molecular weight is 372 g/mol. The van der Waals surface area contributed by atoms with E-state index in [2.05, 4.69) is 93.0 Å². The van der Waals surface area contributed by atoms with Crippen LogP contribution in [0.1, 0.15) is 38.3 Å². The highest BCUT2D eigenvalue weighted by atomic mass is 15.2. The Morgan fingerprint density at radius 1 is 0.964 bits per heavy atom. The number of nitrogens with zero attached hydrogens (tertiary/aromatic N) is 3. The minimum absolute atomic E-state index is 0.907. The Kier molecular flexibility index (Phi) is 4.84. The first-order chi connectivity index (χ1) is 13.5. The second kappa shape index (κ2) is 7.31. The van der Waals surface area contributed by atoms with Crippen molar-refractivity contribution in [1.82, 2.24) is 0 Å². The van der Waals surface area contributed by atoms with E-state index in [4.69, 9.17) is 4.99 Å². The molecule has 28 heavy (non-hydrogen) atoms. The number of allylic oxidation sites excluding steroid dienone is 4. The van der Waals surface area contributed by atoms with E-state index in [1.54, 1.807) is 0 Å². The summed E-state index contributed by atoms with van der Waals surface area (Å²) >= 11 is 0. The van der Waals surface area contributed by atoms with E-state index in [1.165, 1.54) is 39.5 Å². The van der Waals surface area contributed by atoms with Gasteiger partial charge in [0.1, 0.15) is 0 Å². The van der Waals surface area contributed by atoms with Crippen molar-refractivity contribution in [3.63, 3.8) is 0 Å². The minimum Gasteiger partial charge on any atom is -0.372 e. The molecule has 1 aliphatic heterocycles. The Morgan fingerprint density at radius 3 is 2.36 bits per heavy atom. The number of fused-ring (bicyclic) bond motifs is 2. The highest BCUT2D eigenvalue weighted by molar-refractivity contribution is 6.12. The molecule has 0 saturated heterocycles. The Bertz CT molecular complexity index is 989. The van der Waals surface area contributed by atoms with Gasteiger partial charge < -0.3 is 9.80 Å². The van der Waals surface area contributed by atoms with Crippen molar-refractivity contribution < 1.29 is 0 Å². The first kappa shape index (κ1) is 18.5. The van der Waals surface area contributed by atoms with Gasteiger partial charge in [0.15, 0.2) is 0 Å². The van der Waals surface area contributed by atoms with Gasteiger partial charge in [-0.2, -0.15) is 0 Å². The van der Waals surface area contributed by atoms with Gasteiger partial charge in [-0.1, -0.05) is 29.3 Å². The van der Waals surface area contributed by atoms with E-state index in [-0.39, 0.29) is 0 Å². The molecule has 0 spiro atoms. The molecule has 0 radical (unpaired) electrons. The molecule has 4 rings (SSSR count). The van der Waals surface area contributed by atoms with Crippen LogP contribution in [0, 0.1) is 13.8 Å². The summed E-state index contributed by atoms with van der Waals surface area (Å²) in [6.45, 7) is 12.9. The summed E-state index contributed by atoms with van der Waals surface area (Å²) in [6, 6.07) is 13.4. The van der Waals surface area contributed by atoms with Crippen LogP contribution in [0.15, 0.2) is 64.8 Å². The monoisotopic (exact) mass is 371 g/mol. The van der Waals surface area contributed by atoms with Gasteiger partial charge >= 0.3 is 0 Å². The molecule has 0 atom stereocenters. The zero-order chi connectivity index (χ0) is 19.8. The van der Waals surface area contributed by atoms with Gasteiger partial charge in [-0.15, -0.1) is 0 Å². The van der Waals surface area contributed by atoms with Crippen LogP contribution in [0.25, 0.3) is 0 Å². The standard InChI is InChI=1S/C25H29N3/c1-6-27(7-2)24-16-25-22(15-19(24)5)26-21-14-18(4)10-13-23(21)28(25)20-11-8-17(3)9-12-20/h8-13,15-16H,6-7,14H2,1-5H3. The van der Waals surface area contributed by atoms with Crippen LogP contribution in [-0.2, 0) is 0 Å². The molecule has 144 valence electrons. The second-order valence-corrected chi connectivity index (χ2v) is 7.77. The first-order valence-corrected chi connectivity index (χ1v) is 10.2. The molecule has 0 bridgehead atoms. The summed E-state index contributed by atoms with van der Waals surface area (Å²) in [7, 11) is 0. The van der Waals surface area contributed by atoms with Crippen molar-refractivity contribution in [1.29, 1.82) is 0 Å². The third-order valence-corrected chi connectivity index (χ3v) is 5.69. The molecule has 2 aromatic carbocycles. The van der Waals surface area contributed by atoms with Crippen LogP contribution in [0.4, 0.5) is 22.7 Å². The van der Waals surface area contributed by atoms with E-state index >= 15 is 0 Å². The molecule has 2 aliphatic rings. The van der Waals surface area contributed by atoms with Crippen molar-refractivity contribution in [2.75, 3.05) is 22.9 Å². The van der Waals surface area contributed by atoms with Gasteiger partial charge in [0.05, 0.1) is 22.8 Å². The largest absolute Gasteiger partial charge is 0.372 e. The lowest BCUT2D eigenvalue weighted by molar-refractivity contribution is 0.861. The Balaban J connectivity index is 1.94. The predicted octanol–water partition coefficient (Wildman–Crippen LogP) is 6.61. The van der Waals surface area contributed by atoms with E-state index in [0.717, 1.165) is 30.9 Å². The van der Waals surface area contributed by atoms with Crippen molar-refractivity contribution in [3.05, 3.63) is 70.9 Å². The van der Waals surface area contributed by atoms with E-state index < -0.39 is 0 Å². The zero-order valence-corrected chi connectivity index (χ0v) is 17.6. The molecule has 0 saturated carbocycles. The molecule has 0 fully saturated rings. The highest BCUT2D eigenvalue weighted by Crippen LogP contribution is 2.46. The summed E-state index contributed by atoms with van der Waals surface area (Å²) in [5.74, 6) is 0. The molecular weight excluding hydrogens is 342 g/mol. The highest BCUT2D eigenvalue weighted by Gasteiger charge is 2.28. The maximum atomic E-state index is 5.07. The molecule has 1 heterocycles. The molecule has 1 aliphatic carbocycles. The number of hydrogen-bond donors (Lipinski definition) is 0. The Morgan fingerprint density at radius 2 is 1.68 bits per heavy atom. The lowest BCUT2D eigenvalue weighted by Gasteiger charge is -2.36. The third kappa shape index (κ3) is 3.15. The fourth-order valence-electron chi connectivity index (χ4n) is 4.12. The normalized spacial score (nSPS) is 15.3. The average Bonchev–Trinajstić information content (AvgIpc) is 2.68. The summed E-state index contributed by atoms with van der Waals surface area (Å²) in [5.41, 5.74) is 11.0. The maximum absolute atomic E-state index is 5.07. The summed E-state index contributed by atoms with van der Waals surface area (Å²) in [4.78, 5) is 9.87. The topological polar surface area (TPSA) is 18.8 Å². The van der Waals surface area contributed by atoms with Gasteiger partial charge in [-0.05, 0) is 70.5 Å². The van der Waals surface area contributed by atoms with Gasteiger partial charge in [-0.25, -0.2) is 4.99 Å². The van der Waals surface area contributed by atoms with Crippen molar-refractivity contribution in [3.8, 4) is 0 Å². The van der Waals surface area contributed by atoms with Crippen molar-refractivity contribution >= 4 is 28.5 Å². The Labute approximate surface area is 168 Å². The number of hydrogen-bond acceptors (Lipinski definition) is 3. The molecule has 0 unspecified atom stereocenters. The van der Waals surface area contributed by atoms with Crippen LogP contribution in [0.2, 0.25) is 0 Å². The van der Waals surface area contributed by atoms with Crippen LogP contribution < -0.4 is 9.80 Å². The molecule has 0 aromatic heterocycles. The Hall–Kier alpha value is -2.81. The number of aliphatic imine (C=N–C) groups is 1. The van der Waals surface area contributed by atoms with Crippen molar-refractivity contribution in [2.45, 2.75) is 41.0 Å². The van der Waals surface area contributed by atoms with Gasteiger partial charge in [-0.3, -0.25) is 0 Å². The summed E-state index contributed by atoms with van der Waals surface area (Å²) < 4.78 is 0. The molecule has 3 nitrogen and oxygen atoms in total. The molecule has 3 heteroatoms. The van der Waals surface area contributed by atoms with Crippen LogP contribution >= 0.6 is 0 Å². The zero-order valence-electron chi connectivity index (χ0n) is 17.6. The molecule has 0 amide bonds. The maximum Gasteiger partial charge on any atom is 0.0878 e. The minimum atomic E-state index is 0.907. The number of anilines is 3. The van der Waals surface area contributed by atoms with Crippen LogP contribution in [-0.4, -0.2) is 18.8 Å². The lowest BCUT2D eigenvalue weighted by Crippen LogP contribution is -2.28. The second-order valence-electron chi connectivity index (χ2n) is 7.77. The van der Waals surface area contributed by atoms with Crippen LogP contribution in [0.3, 0.4) is 0 Å². The van der Waals surface area contributed by atoms with Gasteiger partial charge in [0, 0.05) is 30.9 Å². The van der Waals surface area contributed by atoms with E-state index in [0.29, 0.717) is 0 Å². The smallest absolute Gasteiger partial charge is 0.0878 e. The predicted molar refractivity (Wildman–Crippen MR) is 122 cm³/mol. The fourth-order valence-corrected chi connectivity index (χ4v) is 4.12. The quantitative estimate of drug-likeness (QED) is 0.602. The van der Waals surface area contributed by atoms with Gasteiger partial charge in [0.2, 0.25) is 0 Å². The first-order valence-electron chi connectivity index (χ1n) is 10.2. The van der Waals surface area contributed by atoms with Gasteiger partial charge in [0.25, 0.3) is 0 Å². The van der Waals surface area contributed by atoms with E-state index in [9.17, 15) is 0 Å². The summed E-state index contributed by atoms with van der Waals surface area (Å²) in [5, 5.41) is 0.